The quantitative estimate of drug-likeness (QED) is 0.0626. The lowest BCUT2D eigenvalue weighted by Crippen LogP contribution is -3.00. The molecule has 2 atom stereocenters. The van der Waals surface area contributed by atoms with E-state index in [2.05, 4.69) is 125 Å². The van der Waals surface area contributed by atoms with Crippen LogP contribution in [0.4, 0.5) is 0 Å². The van der Waals surface area contributed by atoms with Crippen LogP contribution in [0.25, 0.3) is 0 Å². The zero-order valence-corrected chi connectivity index (χ0v) is 40.0. The van der Waals surface area contributed by atoms with E-state index >= 15 is 0 Å². The molecule has 4 aromatic rings. The third kappa shape index (κ3) is 13.8. The first-order valence-corrected chi connectivity index (χ1v) is 21.7. The molecule has 2 fully saturated rings. The number of halogens is 2. The fourth-order valence-electron chi connectivity index (χ4n) is 8.91. The fourth-order valence-corrected chi connectivity index (χ4v) is 8.91. The van der Waals surface area contributed by atoms with Crippen LogP contribution in [0.2, 0.25) is 0 Å². The van der Waals surface area contributed by atoms with Crippen molar-refractivity contribution in [3.05, 3.63) is 144 Å². The van der Waals surface area contributed by atoms with E-state index in [1.54, 1.807) is 0 Å². The van der Waals surface area contributed by atoms with Gasteiger partial charge >= 0.3 is 0 Å². The van der Waals surface area contributed by atoms with Crippen molar-refractivity contribution >= 4 is 0 Å². The minimum absolute atomic E-state index is 0. The van der Waals surface area contributed by atoms with Gasteiger partial charge in [-0.05, 0) is 25.7 Å². The zero-order valence-electron chi connectivity index (χ0n) is 35.7. The Morgan fingerprint density at radius 1 is 0.397 bits per heavy atom. The van der Waals surface area contributed by atoms with Gasteiger partial charge in [0.25, 0.3) is 0 Å². The minimum atomic E-state index is -0.826. The largest absolute Gasteiger partial charge is 1.00 e. The van der Waals surface area contributed by atoms with Gasteiger partial charge in [0.05, 0.1) is 54.5 Å². The van der Waals surface area contributed by atoms with Crippen LogP contribution < -0.4 is 48.0 Å². The van der Waals surface area contributed by atoms with Gasteiger partial charge in [-0.15, -0.1) is 0 Å². The van der Waals surface area contributed by atoms with E-state index in [0.29, 0.717) is 13.2 Å². The maximum Gasteiger partial charge on any atom is 0.222 e. The number of hydrogen-bond donors (Lipinski definition) is 0. The third-order valence-corrected chi connectivity index (χ3v) is 11.9. The van der Waals surface area contributed by atoms with Crippen molar-refractivity contribution in [1.29, 1.82) is 0 Å². The molecule has 0 amide bonds. The normalized spacial score (nSPS) is 18.7. The van der Waals surface area contributed by atoms with Gasteiger partial charge in [0.15, 0.2) is 0 Å². The molecular weight excluding hydrogens is 946 g/mol. The van der Waals surface area contributed by atoms with Crippen molar-refractivity contribution in [2.45, 2.75) is 101 Å². The molecular formula is C50H70I2N2O4. The fraction of sp³-hybridized carbons (Fsp3) is 0.520. The van der Waals surface area contributed by atoms with Gasteiger partial charge in [-0.25, -0.2) is 0 Å². The van der Waals surface area contributed by atoms with E-state index in [0.717, 1.165) is 44.3 Å². The molecule has 2 unspecified atom stereocenters. The molecule has 318 valence electrons. The number of rotatable bonds is 23. The van der Waals surface area contributed by atoms with Crippen LogP contribution in [0, 0.1) is 0 Å². The van der Waals surface area contributed by atoms with Gasteiger partial charge in [0.2, 0.25) is 11.6 Å². The number of benzene rings is 4. The molecule has 58 heavy (non-hydrogen) atoms. The van der Waals surface area contributed by atoms with Crippen LogP contribution in [0.15, 0.2) is 121 Å². The second-order valence-corrected chi connectivity index (χ2v) is 17.7. The second-order valence-electron chi connectivity index (χ2n) is 17.7. The van der Waals surface area contributed by atoms with Crippen molar-refractivity contribution in [3.8, 4) is 0 Å². The SMILES string of the molecule is C[N+](C)(CCCCCCCCCCCCCC[N+](C)(C)CC1COC(c2ccccc2)(c2ccccc2)O1)CC1COC(c2ccccc2)(c2ccccc2)O1.[I-].[I-]. The summed E-state index contributed by atoms with van der Waals surface area (Å²) >= 11 is 0. The summed E-state index contributed by atoms with van der Waals surface area (Å²) in [5.74, 6) is -1.65. The summed E-state index contributed by atoms with van der Waals surface area (Å²) < 4.78 is 28.5. The summed E-state index contributed by atoms with van der Waals surface area (Å²) in [4.78, 5) is 0. The highest BCUT2D eigenvalue weighted by Gasteiger charge is 2.47. The third-order valence-electron chi connectivity index (χ3n) is 11.9. The molecule has 0 saturated carbocycles. The number of unbranched alkanes of at least 4 members (excludes halogenated alkanes) is 11. The molecule has 0 bridgehead atoms. The lowest BCUT2D eigenvalue weighted by molar-refractivity contribution is -0.893. The van der Waals surface area contributed by atoms with Gasteiger partial charge in [0.1, 0.15) is 25.3 Å². The van der Waals surface area contributed by atoms with Crippen LogP contribution in [0.1, 0.15) is 99.3 Å². The summed E-state index contributed by atoms with van der Waals surface area (Å²) in [5, 5.41) is 0. The first-order chi connectivity index (χ1) is 27.2. The molecule has 0 radical (unpaired) electrons. The number of nitrogens with zero attached hydrogens (tertiary/aromatic N) is 2. The van der Waals surface area contributed by atoms with Crippen LogP contribution >= 0.6 is 0 Å². The minimum Gasteiger partial charge on any atom is -1.00 e. The Morgan fingerprint density at radius 3 is 0.897 bits per heavy atom. The molecule has 6 rings (SSSR count). The summed E-state index contributed by atoms with van der Waals surface area (Å²) in [6.45, 7) is 5.47. The second kappa shape index (κ2) is 23.9. The first kappa shape index (κ1) is 48.8. The zero-order chi connectivity index (χ0) is 39.2. The Hall–Kier alpha value is -1.90. The molecule has 2 saturated heterocycles. The van der Waals surface area contributed by atoms with E-state index in [9.17, 15) is 0 Å². The summed E-state index contributed by atoms with van der Waals surface area (Å²) in [6, 6.07) is 41.6. The van der Waals surface area contributed by atoms with Crippen molar-refractivity contribution in [3.63, 3.8) is 0 Å². The first-order valence-electron chi connectivity index (χ1n) is 21.7. The summed E-state index contributed by atoms with van der Waals surface area (Å²) in [6.07, 6.45) is 16.2. The van der Waals surface area contributed by atoms with E-state index in [1.165, 1.54) is 90.1 Å². The van der Waals surface area contributed by atoms with Gasteiger partial charge < -0.3 is 75.9 Å². The van der Waals surface area contributed by atoms with Crippen LogP contribution in [0.3, 0.4) is 0 Å². The maximum absolute atomic E-state index is 6.79. The molecule has 2 aliphatic rings. The van der Waals surface area contributed by atoms with Crippen molar-refractivity contribution in [2.75, 3.05) is 67.6 Å². The molecule has 0 aliphatic carbocycles. The van der Waals surface area contributed by atoms with Crippen LogP contribution in [0.5, 0.6) is 0 Å². The van der Waals surface area contributed by atoms with E-state index in [-0.39, 0.29) is 60.2 Å². The predicted octanol–water partition coefficient (Wildman–Crippen LogP) is 4.46. The highest BCUT2D eigenvalue weighted by molar-refractivity contribution is 5.36. The Morgan fingerprint density at radius 2 is 0.638 bits per heavy atom. The molecule has 8 heteroatoms. The summed E-state index contributed by atoms with van der Waals surface area (Å²) in [7, 11) is 9.38. The number of quaternary nitrogens is 2. The predicted molar refractivity (Wildman–Crippen MR) is 228 cm³/mol. The Bertz CT molecular complexity index is 1490. The van der Waals surface area contributed by atoms with Crippen molar-refractivity contribution in [2.24, 2.45) is 0 Å². The van der Waals surface area contributed by atoms with Crippen LogP contribution in [-0.2, 0) is 30.5 Å². The van der Waals surface area contributed by atoms with Gasteiger partial charge in [-0.3, -0.25) is 0 Å². The smallest absolute Gasteiger partial charge is 0.222 e. The number of ether oxygens (including phenoxy) is 4. The molecule has 2 heterocycles. The van der Waals surface area contributed by atoms with Crippen molar-refractivity contribution < 1.29 is 75.9 Å². The maximum atomic E-state index is 6.79. The summed E-state index contributed by atoms with van der Waals surface area (Å²) in [5.41, 5.74) is 4.24. The van der Waals surface area contributed by atoms with Gasteiger partial charge in [-0.1, -0.05) is 173 Å². The Balaban J connectivity index is 0.00000372. The molecule has 4 aromatic carbocycles. The molecule has 0 aromatic heterocycles. The molecule has 0 spiro atoms. The van der Waals surface area contributed by atoms with E-state index in [1.807, 2.05) is 24.3 Å². The lowest BCUT2D eigenvalue weighted by Gasteiger charge is -2.33. The number of likely N-dealkylation sites (N-methyl/N-ethyl adjacent to an activating group) is 2. The standard InChI is InChI=1S/C50H70N2O4.2HI/c1-51(2,39-47-41-53-49(55-47,43-29-19-15-20-30-43)44-31-21-16-22-32-44)37-27-13-11-9-7-5-6-8-10-12-14-28-38-52(3,4)40-48-42-54-50(56-48,45-33-23-17-24-34-45)46-35-25-18-26-36-46;;/h15-26,29-36,47-48H,5-14,27-28,37-42H2,1-4H3;2*1H/q+2;;/p-2. The molecule has 0 N–H and O–H groups in total. The lowest BCUT2D eigenvalue weighted by atomic mass is 9.97. The highest BCUT2D eigenvalue weighted by Crippen LogP contribution is 2.42. The molecule has 2 aliphatic heterocycles. The van der Waals surface area contributed by atoms with Gasteiger partial charge in [-0.2, -0.15) is 0 Å². The Kier molecular flexibility index (Phi) is 20.1. The van der Waals surface area contributed by atoms with Crippen molar-refractivity contribution in [1.82, 2.24) is 0 Å². The van der Waals surface area contributed by atoms with Crippen LogP contribution in [-0.4, -0.2) is 88.8 Å². The number of hydrogen-bond acceptors (Lipinski definition) is 4. The van der Waals surface area contributed by atoms with Gasteiger partial charge in [0, 0.05) is 22.3 Å². The highest BCUT2D eigenvalue weighted by atomic mass is 127. The van der Waals surface area contributed by atoms with E-state index < -0.39 is 11.6 Å². The average molecular weight is 1020 g/mol. The average Bonchev–Trinajstić information content (AvgIpc) is 3.84. The Labute approximate surface area is 385 Å². The van der Waals surface area contributed by atoms with E-state index in [4.69, 9.17) is 18.9 Å². The molecule has 6 nitrogen and oxygen atoms in total. The monoisotopic (exact) mass is 1020 g/mol. The topological polar surface area (TPSA) is 36.9 Å².